The van der Waals surface area contributed by atoms with Gasteiger partial charge in [-0.2, -0.15) is 0 Å². The third-order valence-electron chi connectivity index (χ3n) is 1.70. The Hall–Kier alpha value is -0.120. The van der Waals surface area contributed by atoms with Crippen molar-refractivity contribution in [2.75, 3.05) is 19.8 Å². The van der Waals surface area contributed by atoms with Crippen molar-refractivity contribution < 1.29 is 0 Å². The largest absolute Gasteiger partial charge is 0.330 e. The molecule has 0 radical (unpaired) electrons. The van der Waals surface area contributed by atoms with Gasteiger partial charge in [-0.3, -0.25) is 0 Å². The number of hydrogen-bond acceptors (Lipinski definition) is 3. The smallest absolute Gasteiger partial charge is 0.0456 e. The Morgan fingerprint density at radius 3 is 3.00 bits per heavy atom. The summed E-state index contributed by atoms with van der Waals surface area (Å²) in [5.74, 6) is 0. The van der Waals surface area contributed by atoms with Crippen molar-refractivity contribution in [1.82, 2.24) is 10.6 Å². The Kier molecular flexibility index (Phi) is 2.97. The van der Waals surface area contributed by atoms with E-state index in [4.69, 9.17) is 5.73 Å². The van der Waals surface area contributed by atoms with E-state index in [1.807, 2.05) is 0 Å². The van der Waals surface area contributed by atoms with Crippen LogP contribution in [0, 0.1) is 0 Å². The second-order valence-electron chi connectivity index (χ2n) is 2.44. The van der Waals surface area contributed by atoms with Crippen LogP contribution in [0.4, 0.5) is 0 Å². The maximum absolute atomic E-state index is 5.40. The molecule has 1 heterocycles. The summed E-state index contributed by atoms with van der Waals surface area (Å²) in [6.45, 7) is 2.89. The van der Waals surface area contributed by atoms with Crippen LogP contribution in [0.5, 0.6) is 0 Å². The molecule has 0 aliphatic carbocycles. The number of hydrogen-bond donors (Lipinski definition) is 3. The molecule has 1 saturated heterocycles. The zero-order chi connectivity index (χ0) is 6.53. The van der Waals surface area contributed by atoms with Crippen LogP contribution in [-0.4, -0.2) is 25.8 Å². The standard InChI is InChI=1S/C6H15N3/c7-3-1-6-2-4-8-5-9-6/h6,8-9H,1-5,7H2. The minimum atomic E-state index is 0.663. The summed E-state index contributed by atoms with van der Waals surface area (Å²) in [6, 6.07) is 0.663. The predicted octanol–water partition coefficient (Wildman–Crippen LogP) is -0.756. The Labute approximate surface area is 56.0 Å². The van der Waals surface area contributed by atoms with E-state index in [1.165, 1.54) is 6.42 Å². The lowest BCUT2D eigenvalue weighted by atomic mass is 10.1. The fourth-order valence-corrected chi connectivity index (χ4v) is 1.13. The summed E-state index contributed by atoms with van der Waals surface area (Å²) in [5, 5.41) is 6.55. The summed E-state index contributed by atoms with van der Waals surface area (Å²) in [6.07, 6.45) is 2.33. The van der Waals surface area contributed by atoms with Gasteiger partial charge in [0.15, 0.2) is 0 Å². The van der Waals surface area contributed by atoms with Gasteiger partial charge in [0.2, 0.25) is 0 Å². The Balaban J connectivity index is 2.08. The lowest BCUT2D eigenvalue weighted by molar-refractivity contribution is 0.375. The maximum Gasteiger partial charge on any atom is 0.0456 e. The van der Waals surface area contributed by atoms with Crippen molar-refractivity contribution in [3.63, 3.8) is 0 Å². The summed E-state index contributed by atoms with van der Waals surface area (Å²) < 4.78 is 0. The van der Waals surface area contributed by atoms with Crippen molar-refractivity contribution in [3.05, 3.63) is 0 Å². The summed E-state index contributed by atoms with van der Waals surface area (Å²) in [5.41, 5.74) is 5.40. The van der Waals surface area contributed by atoms with E-state index in [1.54, 1.807) is 0 Å². The Bertz CT molecular complexity index is 65.9. The van der Waals surface area contributed by atoms with Gasteiger partial charge in [0.05, 0.1) is 0 Å². The molecule has 3 heteroatoms. The molecular formula is C6H15N3. The first-order valence-corrected chi connectivity index (χ1v) is 3.57. The van der Waals surface area contributed by atoms with Gasteiger partial charge in [0.1, 0.15) is 0 Å². The number of rotatable bonds is 2. The molecule has 0 aromatic carbocycles. The van der Waals surface area contributed by atoms with Crippen molar-refractivity contribution in [3.8, 4) is 0 Å². The van der Waals surface area contributed by atoms with E-state index in [-0.39, 0.29) is 0 Å². The molecule has 0 amide bonds. The molecule has 3 nitrogen and oxygen atoms in total. The highest BCUT2D eigenvalue weighted by atomic mass is 15.1. The minimum absolute atomic E-state index is 0.663. The van der Waals surface area contributed by atoms with E-state index in [0.717, 1.165) is 26.2 Å². The zero-order valence-corrected chi connectivity index (χ0v) is 5.69. The molecular weight excluding hydrogens is 114 g/mol. The average Bonchev–Trinajstić information content (AvgIpc) is 1.91. The number of nitrogens with one attached hydrogen (secondary N) is 2. The van der Waals surface area contributed by atoms with Crippen molar-refractivity contribution in [2.24, 2.45) is 5.73 Å². The van der Waals surface area contributed by atoms with E-state index in [2.05, 4.69) is 10.6 Å². The molecule has 0 aromatic heterocycles. The molecule has 1 atom stereocenters. The fourth-order valence-electron chi connectivity index (χ4n) is 1.13. The molecule has 0 saturated carbocycles. The highest BCUT2D eigenvalue weighted by Gasteiger charge is 2.09. The third-order valence-corrected chi connectivity index (χ3v) is 1.70. The minimum Gasteiger partial charge on any atom is -0.330 e. The van der Waals surface area contributed by atoms with Crippen LogP contribution in [0.25, 0.3) is 0 Å². The van der Waals surface area contributed by atoms with Gasteiger partial charge in [-0.25, -0.2) is 0 Å². The number of nitrogens with two attached hydrogens (primary N) is 1. The van der Waals surface area contributed by atoms with Gasteiger partial charge in [-0.05, 0) is 25.9 Å². The van der Waals surface area contributed by atoms with Gasteiger partial charge in [0, 0.05) is 12.7 Å². The molecule has 1 rings (SSSR count). The van der Waals surface area contributed by atoms with Crippen LogP contribution in [0.1, 0.15) is 12.8 Å². The van der Waals surface area contributed by atoms with Gasteiger partial charge < -0.3 is 16.4 Å². The molecule has 0 bridgehead atoms. The van der Waals surface area contributed by atoms with Crippen molar-refractivity contribution in [2.45, 2.75) is 18.9 Å². The Morgan fingerprint density at radius 2 is 2.44 bits per heavy atom. The second kappa shape index (κ2) is 3.82. The van der Waals surface area contributed by atoms with Gasteiger partial charge >= 0.3 is 0 Å². The van der Waals surface area contributed by atoms with Crippen LogP contribution in [-0.2, 0) is 0 Å². The first-order valence-electron chi connectivity index (χ1n) is 3.57. The van der Waals surface area contributed by atoms with Gasteiger partial charge in [-0.15, -0.1) is 0 Å². The topological polar surface area (TPSA) is 50.1 Å². The molecule has 9 heavy (non-hydrogen) atoms. The van der Waals surface area contributed by atoms with Crippen molar-refractivity contribution >= 4 is 0 Å². The van der Waals surface area contributed by atoms with Crippen LogP contribution in [0.3, 0.4) is 0 Å². The summed E-state index contributed by atoms with van der Waals surface area (Å²) in [4.78, 5) is 0. The molecule has 1 aliphatic rings. The molecule has 0 aromatic rings. The van der Waals surface area contributed by atoms with Crippen LogP contribution in [0.15, 0.2) is 0 Å². The van der Waals surface area contributed by atoms with Gasteiger partial charge in [0.25, 0.3) is 0 Å². The third kappa shape index (κ3) is 2.30. The lowest BCUT2D eigenvalue weighted by Crippen LogP contribution is -2.45. The normalized spacial score (nSPS) is 28.3. The molecule has 0 spiro atoms. The summed E-state index contributed by atoms with van der Waals surface area (Å²) in [7, 11) is 0. The quantitative estimate of drug-likeness (QED) is 0.459. The van der Waals surface area contributed by atoms with Crippen LogP contribution >= 0.6 is 0 Å². The predicted molar refractivity (Wildman–Crippen MR) is 38.1 cm³/mol. The molecule has 1 aliphatic heterocycles. The molecule has 1 unspecified atom stereocenters. The average molecular weight is 129 g/mol. The van der Waals surface area contributed by atoms with E-state index in [0.29, 0.717) is 6.04 Å². The summed E-state index contributed by atoms with van der Waals surface area (Å²) >= 11 is 0. The van der Waals surface area contributed by atoms with E-state index >= 15 is 0 Å². The molecule has 54 valence electrons. The van der Waals surface area contributed by atoms with Gasteiger partial charge in [-0.1, -0.05) is 0 Å². The van der Waals surface area contributed by atoms with Crippen LogP contribution in [0.2, 0.25) is 0 Å². The van der Waals surface area contributed by atoms with Crippen molar-refractivity contribution in [1.29, 1.82) is 0 Å². The zero-order valence-electron chi connectivity index (χ0n) is 5.69. The lowest BCUT2D eigenvalue weighted by Gasteiger charge is -2.23. The first kappa shape index (κ1) is 6.99. The molecule has 4 N–H and O–H groups in total. The fraction of sp³-hybridized carbons (Fsp3) is 1.00. The highest BCUT2D eigenvalue weighted by Crippen LogP contribution is 1.97. The van der Waals surface area contributed by atoms with Crippen LogP contribution < -0.4 is 16.4 Å². The second-order valence-corrected chi connectivity index (χ2v) is 2.44. The van der Waals surface area contributed by atoms with E-state index in [9.17, 15) is 0 Å². The Morgan fingerprint density at radius 1 is 1.56 bits per heavy atom. The SMILES string of the molecule is NCCC1CCNCN1. The molecule has 1 fully saturated rings. The monoisotopic (exact) mass is 129 g/mol. The van der Waals surface area contributed by atoms with E-state index < -0.39 is 0 Å². The highest BCUT2D eigenvalue weighted by molar-refractivity contribution is 4.71. The maximum atomic E-state index is 5.40. The first-order chi connectivity index (χ1) is 4.43.